The Morgan fingerprint density at radius 3 is 2.81 bits per heavy atom. The molecule has 2 fully saturated rings. The van der Waals surface area contributed by atoms with Crippen LogP contribution in [0.15, 0.2) is 28.7 Å². The van der Waals surface area contributed by atoms with E-state index in [1.165, 1.54) is 55.1 Å². The molecule has 0 bridgehead atoms. The van der Waals surface area contributed by atoms with E-state index < -0.39 is 0 Å². The van der Waals surface area contributed by atoms with Crippen molar-refractivity contribution in [3.05, 3.63) is 34.3 Å². The lowest BCUT2D eigenvalue weighted by Crippen LogP contribution is -2.47. The number of hydrogen-bond acceptors (Lipinski definition) is 2. The second kappa shape index (κ2) is 7.26. The minimum Gasteiger partial charge on any atom is -0.314 e. The third-order valence-electron chi connectivity index (χ3n) is 5.25. The number of nitrogens with one attached hydrogen (secondary N) is 2. The van der Waals surface area contributed by atoms with Crippen molar-refractivity contribution in [3.8, 4) is 0 Å². The topological polar surface area (TPSA) is 24.1 Å². The molecular formula is C18H27BrN2. The third-order valence-corrected chi connectivity index (χ3v) is 5.74. The standard InChI is InChI=1S/C18H27BrN2/c1-13(14-6-4-7-15(19)12-14)21-18-9-3-2-8-16(18)17-10-5-11-20-17/h4,6-7,12-13,16-18,20-21H,2-3,5,8-11H2,1H3/t13-,16?,17?,18?/m0/s1. The van der Waals surface area contributed by atoms with Crippen molar-refractivity contribution >= 4 is 15.9 Å². The summed E-state index contributed by atoms with van der Waals surface area (Å²) in [6.07, 6.45) is 8.24. The van der Waals surface area contributed by atoms with Crippen LogP contribution in [0.4, 0.5) is 0 Å². The van der Waals surface area contributed by atoms with Gasteiger partial charge in [0.05, 0.1) is 0 Å². The molecule has 2 aliphatic rings. The fourth-order valence-corrected chi connectivity index (χ4v) is 4.54. The monoisotopic (exact) mass is 350 g/mol. The SMILES string of the molecule is C[C@H](NC1CCCCC1C1CCCN1)c1cccc(Br)c1. The Morgan fingerprint density at radius 2 is 2.05 bits per heavy atom. The van der Waals surface area contributed by atoms with E-state index in [4.69, 9.17) is 0 Å². The van der Waals surface area contributed by atoms with Crippen molar-refractivity contribution < 1.29 is 0 Å². The molecule has 0 aromatic heterocycles. The van der Waals surface area contributed by atoms with Gasteiger partial charge in [-0.1, -0.05) is 40.9 Å². The largest absolute Gasteiger partial charge is 0.314 e. The van der Waals surface area contributed by atoms with Crippen molar-refractivity contribution in [3.63, 3.8) is 0 Å². The van der Waals surface area contributed by atoms with Crippen LogP contribution < -0.4 is 10.6 Å². The summed E-state index contributed by atoms with van der Waals surface area (Å²) in [6, 6.07) is 10.5. The summed E-state index contributed by atoms with van der Waals surface area (Å²) in [5.74, 6) is 0.816. The fraction of sp³-hybridized carbons (Fsp3) is 0.667. The number of halogens is 1. The van der Waals surface area contributed by atoms with E-state index in [2.05, 4.69) is 57.8 Å². The minimum atomic E-state index is 0.425. The summed E-state index contributed by atoms with van der Waals surface area (Å²) in [5, 5.41) is 7.66. The summed E-state index contributed by atoms with van der Waals surface area (Å²) < 4.78 is 1.17. The van der Waals surface area contributed by atoms with Crippen LogP contribution >= 0.6 is 15.9 Å². The van der Waals surface area contributed by atoms with E-state index in [-0.39, 0.29) is 0 Å². The molecule has 116 valence electrons. The normalized spacial score (nSPS) is 31.2. The highest BCUT2D eigenvalue weighted by Gasteiger charge is 2.33. The summed E-state index contributed by atoms with van der Waals surface area (Å²) in [6.45, 7) is 3.52. The van der Waals surface area contributed by atoms with Crippen LogP contribution in [0.5, 0.6) is 0 Å². The molecule has 3 unspecified atom stereocenters. The highest BCUT2D eigenvalue weighted by atomic mass is 79.9. The first-order valence-electron chi connectivity index (χ1n) is 8.49. The lowest BCUT2D eigenvalue weighted by atomic mass is 9.79. The van der Waals surface area contributed by atoms with Gasteiger partial charge in [0, 0.05) is 22.6 Å². The van der Waals surface area contributed by atoms with Gasteiger partial charge in [-0.2, -0.15) is 0 Å². The second-order valence-electron chi connectivity index (χ2n) is 6.70. The molecule has 3 heteroatoms. The Morgan fingerprint density at radius 1 is 1.19 bits per heavy atom. The average Bonchev–Trinajstić information content (AvgIpc) is 3.02. The van der Waals surface area contributed by atoms with E-state index in [0.717, 1.165) is 12.0 Å². The summed E-state index contributed by atoms with van der Waals surface area (Å²) in [4.78, 5) is 0. The Labute approximate surface area is 137 Å². The highest BCUT2D eigenvalue weighted by Crippen LogP contribution is 2.32. The van der Waals surface area contributed by atoms with Crippen LogP contribution in [0.3, 0.4) is 0 Å². The molecular weight excluding hydrogens is 324 g/mol. The molecule has 1 aliphatic heterocycles. The van der Waals surface area contributed by atoms with Crippen molar-refractivity contribution in [1.82, 2.24) is 10.6 Å². The van der Waals surface area contributed by atoms with Crippen LogP contribution in [0, 0.1) is 5.92 Å². The third kappa shape index (κ3) is 3.88. The summed E-state index contributed by atoms with van der Waals surface area (Å²) in [5.41, 5.74) is 1.38. The number of benzene rings is 1. The van der Waals surface area contributed by atoms with Gasteiger partial charge in [0.1, 0.15) is 0 Å². The molecule has 21 heavy (non-hydrogen) atoms. The van der Waals surface area contributed by atoms with E-state index >= 15 is 0 Å². The molecule has 3 rings (SSSR count). The Kier molecular flexibility index (Phi) is 5.36. The van der Waals surface area contributed by atoms with Crippen LogP contribution in [0.1, 0.15) is 57.1 Å². The predicted octanol–water partition coefficient (Wildman–Crippen LogP) is 4.41. The minimum absolute atomic E-state index is 0.425. The van der Waals surface area contributed by atoms with Crippen molar-refractivity contribution in [2.75, 3.05) is 6.54 Å². The Hall–Kier alpha value is -0.380. The van der Waals surface area contributed by atoms with E-state index in [1.807, 2.05) is 0 Å². The van der Waals surface area contributed by atoms with Gasteiger partial charge >= 0.3 is 0 Å². The Bertz CT molecular complexity index is 456. The molecule has 1 aliphatic carbocycles. The first-order chi connectivity index (χ1) is 10.2. The predicted molar refractivity (Wildman–Crippen MR) is 92.5 cm³/mol. The molecule has 0 radical (unpaired) electrons. The van der Waals surface area contributed by atoms with Crippen molar-refractivity contribution in [2.24, 2.45) is 5.92 Å². The molecule has 0 spiro atoms. The summed E-state index contributed by atoms with van der Waals surface area (Å²) >= 11 is 3.58. The maximum Gasteiger partial charge on any atom is 0.0294 e. The van der Waals surface area contributed by atoms with Gasteiger partial charge in [-0.05, 0) is 62.8 Å². The van der Waals surface area contributed by atoms with Crippen LogP contribution in [-0.2, 0) is 0 Å². The van der Waals surface area contributed by atoms with Crippen LogP contribution in [-0.4, -0.2) is 18.6 Å². The highest BCUT2D eigenvalue weighted by molar-refractivity contribution is 9.10. The summed E-state index contributed by atoms with van der Waals surface area (Å²) in [7, 11) is 0. The van der Waals surface area contributed by atoms with E-state index in [0.29, 0.717) is 12.1 Å². The van der Waals surface area contributed by atoms with Gasteiger partial charge in [0.2, 0.25) is 0 Å². The molecule has 2 nitrogen and oxygen atoms in total. The zero-order chi connectivity index (χ0) is 14.7. The van der Waals surface area contributed by atoms with E-state index in [1.54, 1.807) is 0 Å². The second-order valence-corrected chi connectivity index (χ2v) is 7.62. The van der Waals surface area contributed by atoms with Crippen molar-refractivity contribution in [1.29, 1.82) is 0 Å². The van der Waals surface area contributed by atoms with Crippen molar-refractivity contribution in [2.45, 2.75) is 63.6 Å². The maximum absolute atomic E-state index is 3.93. The van der Waals surface area contributed by atoms with Gasteiger partial charge in [-0.25, -0.2) is 0 Å². The molecule has 1 heterocycles. The lowest BCUT2D eigenvalue weighted by molar-refractivity contribution is 0.203. The van der Waals surface area contributed by atoms with Gasteiger partial charge in [-0.3, -0.25) is 0 Å². The van der Waals surface area contributed by atoms with Gasteiger partial charge in [0.15, 0.2) is 0 Å². The van der Waals surface area contributed by atoms with Gasteiger partial charge in [0.25, 0.3) is 0 Å². The first-order valence-corrected chi connectivity index (χ1v) is 9.28. The Balaban J connectivity index is 1.66. The van der Waals surface area contributed by atoms with Gasteiger partial charge in [-0.15, -0.1) is 0 Å². The number of hydrogen-bond donors (Lipinski definition) is 2. The molecule has 2 N–H and O–H groups in total. The maximum atomic E-state index is 3.93. The molecule has 1 aromatic rings. The number of rotatable bonds is 4. The smallest absolute Gasteiger partial charge is 0.0294 e. The molecule has 1 aromatic carbocycles. The van der Waals surface area contributed by atoms with Crippen LogP contribution in [0.25, 0.3) is 0 Å². The molecule has 0 amide bonds. The molecule has 1 saturated carbocycles. The molecule has 1 saturated heterocycles. The zero-order valence-electron chi connectivity index (χ0n) is 12.9. The lowest BCUT2D eigenvalue weighted by Gasteiger charge is -2.38. The quantitative estimate of drug-likeness (QED) is 0.840. The van der Waals surface area contributed by atoms with Gasteiger partial charge < -0.3 is 10.6 Å². The zero-order valence-corrected chi connectivity index (χ0v) is 14.5. The average molecular weight is 351 g/mol. The first kappa shape index (κ1) is 15.5. The van der Waals surface area contributed by atoms with Crippen LogP contribution in [0.2, 0.25) is 0 Å². The molecule has 4 atom stereocenters. The fourth-order valence-electron chi connectivity index (χ4n) is 4.12. The van der Waals surface area contributed by atoms with E-state index in [9.17, 15) is 0 Å².